The van der Waals surface area contributed by atoms with Gasteiger partial charge in [0.1, 0.15) is 5.82 Å². The Kier molecular flexibility index (Phi) is 6.17. The molecule has 0 saturated carbocycles. The molecule has 1 N–H and O–H groups in total. The molecule has 2 aromatic carbocycles. The molecule has 0 unspecified atom stereocenters. The molecule has 1 aromatic heterocycles. The Morgan fingerprint density at radius 3 is 2.22 bits per heavy atom. The van der Waals surface area contributed by atoms with Crippen LogP contribution in [-0.2, 0) is 27.2 Å². The van der Waals surface area contributed by atoms with Crippen LogP contribution in [0.4, 0.5) is 11.5 Å². The maximum Gasteiger partial charge on any atom is 0.358 e. The van der Waals surface area contributed by atoms with E-state index in [2.05, 4.69) is 14.6 Å². The standard InChI is InChI=1S/C24H23ClN4O6S/c1-24(2,3)13-6-8-14(9-7-13)36(33,34)27-16-11-10-15(25)19-20(16)22(31)29(21(19)30)18-12-17(23(32)35-5)26-28(18)4/h6-12,27H,1-5H3. The summed E-state index contributed by atoms with van der Waals surface area (Å²) in [6.07, 6.45) is 0. The van der Waals surface area contributed by atoms with E-state index in [9.17, 15) is 22.8 Å². The lowest BCUT2D eigenvalue weighted by Crippen LogP contribution is -2.31. The monoisotopic (exact) mass is 530 g/mol. The first kappa shape index (κ1) is 25.4. The predicted molar refractivity (Wildman–Crippen MR) is 133 cm³/mol. The van der Waals surface area contributed by atoms with Crippen LogP contribution in [0.2, 0.25) is 5.02 Å². The third-order valence-electron chi connectivity index (χ3n) is 5.74. The summed E-state index contributed by atoms with van der Waals surface area (Å²) in [5.41, 5.74) is 0.201. The van der Waals surface area contributed by atoms with Crippen molar-refractivity contribution in [2.75, 3.05) is 16.7 Å². The van der Waals surface area contributed by atoms with Gasteiger partial charge in [0.2, 0.25) is 0 Å². The van der Waals surface area contributed by atoms with Gasteiger partial charge in [-0.25, -0.2) is 18.1 Å². The van der Waals surface area contributed by atoms with Gasteiger partial charge >= 0.3 is 5.97 Å². The number of ether oxygens (including phenoxy) is 1. The third-order valence-corrected chi connectivity index (χ3v) is 7.44. The summed E-state index contributed by atoms with van der Waals surface area (Å²) in [5, 5.41) is 3.95. The van der Waals surface area contributed by atoms with Gasteiger partial charge in [0.25, 0.3) is 21.8 Å². The average molecular weight is 531 g/mol. The molecule has 1 aliphatic rings. The lowest BCUT2D eigenvalue weighted by molar-refractivity contribution is 0.0592. The van der Waals surface area contributed by atoms with Gasteiger partial charge in [-0.2, -0.15) is 5.10 Å². The van der Waals surface area contributed by atoms with Crippen LogP contribution in [0.5, 0.6) is 0 Å². The number of anilines is 2. The number of hydrogen-bond acceptors (Lipinski definition) is 7. The molecule has 0 aliphatic carbocycles. The Labute approximate surface area is 212 Å². The first-order valence-corrected chi connectivity index (χ1v) is 12.6. The van der Waals surface area contributed by atoms with E-state index in [0.29, 0.717) is 0 Å². The predicted octanol–water partition coefficient (Wildman–Crippen LogP) is 3.76. The number of rotatable bonds is 5. The number of nitrogens with one attached hydrogen (secondary N) is 1. The van der Waals surface area contributed by atoms with E-state index in [1.54, 1.807) is 12.1 Å². The number of benzene rings is 2. The van der Waals surface area contributed by atoms with Crippen LogP contribution in [0.3, 0.4) is 0 Å². The molecule has 0 saturated heterocycles. The van der Waals surface area contributed by atoms with Crippen molar-refractivity contribution in [1.29, 1.82) is 0 Å². The van der Waals surface area contributed by atoms with E-state index >= 15 is 0 Å². The van der Waals surface area contributed by atoms with Crippen molar-refractivity contribution in [2.24, 2.45) is 7.05 Å². The number of amides is 2. The molecule has 12 heteroatoms. The lowest BCUT2D eigenvalue weighted by atomic mass is 9.87. The van der Waals surface area contributed by atoms with Crippen LogP contribution in [0, 0.1) is 0 Å². The molecule has 3 aromatic rings. The highest BCUT2D eigenvalue weighted by Gasteiger charge is 2.42. The van der Waals surface area contributed by atoms with E-state index < -0.39 is 27.8 Å². The van der Waals surface area contributed by atoms with Gasteiger partial charge in [-0.15, -0.1) is 0 Å². The largest absolute Gasteiger partial charge is 0.464 e. The van der Waals surface area contributed by atoms with Crippen molar-refractivity contribution in [3.63, 3.8) is 0 Å². The minimum Gasteiger partial charge on any atom is -0.464 e. The Hall–Kier alpha value is -3.70. The van der Waals surface area contributed by atoms with E-state index in [-0.39, 0.29) is 43.7 Å². The van der Waals surface area contributed by atoms with Gasteiger partial charge in [-0.1, -0.05) is 44.5 Å². The fourth-order valence-corrected chi connectivity index (χ4v) is 5.14. The molecule has 0 radical (unpaired) electrons. The molecule has 1 aliphatic heterocycles. The number of aryl methyl sites for hydroxylation is 1. The summed E-state index contributed by atoms with van der Waals surface area (Å²) in [6.45, 7) is 6.03. The summed E-state index contributed by atoms with van der Waals surface area (Å²) in [7, 11) is -1.49. The zero-order valence-corrected chi connectivity index (χ0v) is 21.7. The third kappa shape index (κ3) is 4.24. The molecule has 0 bridgehead atoms. The highest BCUT2D eigenvalue weighted by Crippen LogP contribution is 2.38. The number of aromatic nitrogens is 2. The molecule has 4 rings (SSSR count). The minimum absolute atomic E-state index is 0.00996. The van der Waals surface area contributed by atoms with Crippen molar-refractivity contribution in [3.05, 3.63) is 69.9 Å². The van der Waals surface area contributed by atoms with Gasteiger partial charge in [-0.05, 0) is 35.2 Å². The molecular formula is C24H23ClN4O6S. The number of esters is 1. The number of methoxy groups -OCH3 is 1. The molecular weight excluding hydrogens is 508 g/mol. The second-order valence-electron chi connectivity index (χ2n) is 9.17. The summed E-state index contributed by atoms with van der Waals surface area (Å²) in [4.78, 5) is 39.3. The second kappa shape index (κ2) is 8.75. The molecule has 2 heterocycles. The summed E-state index contributed by atoms with van der Waals surface area (Å²) >= 11 is 6.25. The smallest absolute Gasteiger partial charge is 0.358 e. The van der Waals surface area contributed by atoms with Crippen molar-refractivity contribution in [1.82, 2.24) is 9.78 Å². The highest BCUT2D eigenvalue weighted by atomic mass is 35.5. The molecule has 2 amide bonds. The van der Waals surface area contributed by atoms with Crippen molar-refractivity contribution in [3.8, 4) is 0 Å². The zero-order chi connectivity index (χ0) is 26.6. The zero-order valence-electron chi connectivity index (χ0n) is 20.1. The number of carbonyl (C=O) groups excluding carboxylic acids is 3. The van der Waals surface area contributed by atoms with Crippen LogP contribution < -0.4 is 9.62 Å². The Balaban J connectivity index is 1.74. The van der Waals surface area contributed by atoms with Crippen LogP contribution in [0.15, 0.2) is 47.4 Å². The SMILES string of the molecule is COC(=O)c1cc(N2C(=O)c3c(Cl)ccc(NS(=O)(=O)c4ccc(C(C)(C)C)cc4)c3C2=O)n(C)n1. The first-order chi connectivity index (χ1) is 16.8. The molecule has 188 valence electrons. The van der Waals surface area contributed by atoms with E-state index in [0.717, 1.165) is 10.5 Å². The topological polar surface area (TPSA) is 128 Å². The van der Waals surface area contributed by atoms with Crippen molar-refractivity contribution < 1.29 is 27.5 Å². The number of fused-ring (bicyclic) bond motifs is 1. The molecule has 10 nitrogen and oxygen atoms in total. The van der Waals surface area contributed by atoms with Gasteiger partial charge in [-0.3, -0.25) is 19.0 Å². The second-order valence-corrected chi connectivity index (χ2v) is 11.3. The lowest BCUT2D eigenvalue weighted by Gasteiger charge is -2.19. The quantitative estimate of drug-likeness (QED) is 0.393. The fraction of sp³-hybridized carbons (Fsp3) is 0.250. The summed E-state index contributed by atoms with van der Waals surface area (Å²) in [5.74, 6) is -2.37. The number of sulfonamides is 1. The normalized spacial score (nSPS) is 13.7. The van der Waals surface area contributed by atoms with Crippen LogP contribution in [-0.4, -0.2) is 43.1 Å². The van der Waals surface area contributed by atoms with E-state index in [1.807, 2.05) is 20.8 Å². The minimum atomic E-state index is -4.11. The number of imide groups is 1. The molecule has 36 heavy (non-hydrogen) atoms. The fourth-order valence-electron chi connectivity index (χ4n) is 3.83. The van der Waals surface area contributed by atoms with Crippen molar-refractivity contribution >= 4 is 50.9 Å². The Bertz CT molecular complexity index is 1520. The molecule has 0 fully saturated rings. The summed E-state index contributed by atoms with van der Waals surface area (Å²) in [6, 6.07) is 10.3. The number of nitrogens with zero attached hydrogens (tertiary/aromatic N) is 3. The molecule has 0 atom stereocenters. The van der Waals surface area contributed by atoms with Gasteiger partial charge in [0, 0.05) is 13.1 Å². The van der Waals surface area contributed by atoms with Crippen LogP contribution in [0.25, 0.3) is 0 Å². The van der Waals surface area contributed by atoms with Gasteiger partial charge in [0.15, 0.2) is 5.69 Å². The molecule has 0 spiro atoms. The van der Waals surface area contributed by atoms with E-state index in [4.69, 9.17) is 11.6 Å². The number of carbonyl (C=O) groups is 3. The van der Waals surface area contributed by atoms with E-state index in [1.165, 1.54) is 49.2 Å². The Morgan fingerprint density at radius 2 is 1.64 bits per heavy atom. The van der Waals surface area contributed by atoms with Gasteiger partial charge < -0.3 is 4.74 Å². The van der Waals surface area contributed by atoms with Crippen LogP contribution >= 0.6 is 11.6 Å². The highest BCUT2D eigenvalue weighted by molar-refractivity contribution is 7.92. The summed E-state index contributed by atoms with van der Waals surface area (Å²) < 4.78 is 34.5. The van der Waals surface area contributed by atoms with Crippen molar-refractivity contribution in [2.45, 2.75) is 31.1 Å². The Morgan fingerprint density at radius 1 is 1.03 bits per heavy atom. The first-order valence-electron chi connectivity index (χ1n) is 10.7. The van der Waals surface area contributed by atoms with Gasteiger partial charge in [0.05, 0.1) is 33.8 Å². The maximum atomic E-state index is 13.4. The number of hydrogen-bond donors (Lipinski definition) is 1. The average Bonchev–Trinajstić information content (AvgIpc) is 3.31. The number of halogens is 1. The van der Waals surface area contributed by atoms with Crippen LogP contribution in [0.1, 0.15) is 57.5 Å². The maximum absolute atomic E-state index is 13.4.